The van der Waals surface area contributed by atoms with Crippen LogP contribution in [0.25, 0.3) is 11.0 Å². The van der Waals surface area contributed by atoms with Gasteiger partial charge in [0.15, 0.2) is 0 Å². The smallest absolute Gasteiger partial charge is 0.134 e. The maximum atomic E-state index is 9.69. The van der Waals surface area contributed by atoms with Crippen molar-refractivity contribution >= 4 is 11.0 Å². The Bertz CT molecular complexity index is 485. The van der Waals surface area contributed by atoms with Gasteiger partial charge in [-0.1, -0.05) is 25.0 Å². The molecule has 1 heterocycles. The Hall–Kier alpha value is -1.28. The molecule has 0 aliphatic carbocycles. The minimum atomic E-state index is -0.199. The zero-order valence-electron chi connectivity index (χ0n) is 10.6. The van der Waals surface area contributed by atoms with Crippen LogP contribution in [0.2, 0.25) is 0 Å². The Labute approximate surface area is 102 Å². The molecule has 1 atom stereocenters. The van der Waals surface area contributed by atoms with Crippen molar-refractivity contribution in [2.24, 2.45) is 0 Å². The van der Waals surface area contributed by atoms with Crippen LogP contribution in [0.3, 0.4) is 0 Å². The van der Waals surface area contributed by atoms with Crippen LogP contribution in [0.4, 0.5) is 0 Å². The quantitative estimate of drug-likeness (QED) is 0.849. The summed E-state index contributed by atoms with van der Waals surface area (Å²) in [6.45, 7) is 4.17. The topological polar surface area (TPSA) is 33.4 Å². The monoisotopic (exact) mass is 232 g/mol. The molecule has 2 heteroatoms. The lowest BCUT2D eigenvalue weighted by molar-refractivity contribution is 0.152. The van der Waals surface area contributed by atoms with Crippen LogP contribution >= 0.6 is 0 Å². The maximum Gasteiger partial charge on any atom is 0.134 e. The van der Waals surface area contributed by atoms with Gasteiger partial charge in [0, 0.05) is 11.8 Å². The first-order valence-electron chi connectivity index (χ1n) is 6.36. The summed E-state index contributed by atoms with van der Waals surface area (Å²) in [6, 6.07) is 8.28. The second-order valence-corrected chi connectivity index (χ2v) is 4.74. The van der Waals surface area contributed by atoms with Crippen LogP contribution in [0.15, 0.2) is 28.7 Å². The Kier molecular flexibility index (Phi) is 3.85. The lowest BCUT2D eigenvalue weighted by Crippen LogP contribution is -2.06. The third-order valence-corrected chi connectivity index (χ3v) is 3.07. The van der Waals surface area contributed by atoms with Crippen LogP contribution in [-0.4, -0.2) is 11.2 Å². The highest BCUT2D eigenvalue weighted by Gasteiger charge is 2.07. The van der Waals surface area contributed by atoms with Gasteiger partial charge >= 0.3 is 0 Å². The molecule has 2 aromatic rings. The molecule has 1 aromatic heterocycles. The lowest BCUT2D eigenvalue weighted by atomic mass is 10.1. The highest BCUT2D eigenvalue weighted by molar-refractivity contribution is 5.78. The van der Waals surface area contributed by atoms with Crippen molar-refractivity contribution in [1.82, 2.24) is 0 Å². The van der Waals surface area contributed by atoms with Gasteiger partial charge in [-0.25, -0.2) is 0 Å². The van der Waals surface area contributed by atoms with Crippen molar-refractivity contribution in [1.29, 1.82) is 0 Å². The molecule has 0 fully saturated rings. The minimum Gasteiger partial charge on any atom is -0.461 e. The van der Waals surface area contributed by atoms with Crippen LogP contribution < -0.4 is 0 Å². The average Bonchev–Trinajstić information content (AvgIpc) is 2.68. The third-order valence-electron chi connectivity index (χ3n) is 3.07. The van der Waals surface area contributed by atoms with Gasteiger partial charge in [-0.15, -0.1) is 0 Å². The van der Waals surface area contributed by atoms with Gasteiger partial charge in [0.1, 0.15) is 11.3 Å². The van der Waals surface area contributed by atoms with Gasteiger partial charge in [-0.2, -0.15) is 0 Å². The van der Waals surface area contributed by atoms with Gasteiger partial charge in [0.05, 0.1) is 6.10 Å². The average molecular weight is 232 g/mol. The summed E-state index contributed by atoms with van der Waals surface area (Å²) < 4.78 is 5.74. The molecule has 0 aliphatic rings. The number of aryl methyl sites for hydroxylation is 2. The van der Waals surface area contributed by atoms with E-state index in [0.29, 0.717) is 0 Å². The molecule has 0 bridgehead atoms. The second-order valence-electron chi connectivity index (χ2n) is 4.74. The van der Waals surface area contributed by atoms with E-state index in [1.165, 1.54) is 5.56 Å². The highest BCUT2D eigenvalue weighted by atomic mass is 16.3. The van der Waals surface area contributed by atoms with E-state index >= 15 is 0 Å². The Morgan fingerprint density at radius 1 is 1.24 bits per heavy atom. The summed E-state index contributed by atoms with van der Waals surface area (Å²) in [4.78, 5) is 0. The second kappa shape index (κ2) is 5.37. The predicted molar refractivity (Wildman–Crippen MR) is 70.2 cm³/mol. The van der Waals surface area contributed by atoms with Crippen molar-refractivity contribution in [2.45, 2.75) is 45.6 Å². The number of hydrogen-bond donors (Lipinski definition) is 1. The summed E-state index contributed by atoms with van der Waals surface area (Å²) in [6.07, 6.45) is 3.30. The van der Waals surface area contributed by atoms with E-state index in [1.807, 2.05) is 6.07 Å². The maximum absolute atomic E-state index is 9.69. The summed E-state index contributed by atoms with van der Waals surface area (Å²) in [5, 5.41) is 10.8. The van der Waals surface area contributed by atoms with Gasteiger partial charge in [-0.3, -0.25) is 0 Å². The third kappa shape index (κ3) is 3.10. The Balaban J connectivity index is 2.04. The number of furan rings is 1. The molecule has 0 radical (unpaired) electrons. The van der Waals surface area contributed by atoms with E-state index in [1.54, 1.807) is 0 Å². The standard InChI is InChI=1S/C15H20O2/c1-3-4-13(16)6-7-14-10-12-9-11(2)5-8-15(12)17-14/h5,8-10,13,16H,3-4,6-7H2,1-2H3. The van der Waals surface area contributed by atoms with Gasteiger partial charge in [0.25, 0.3) is 0 Å². The molecule has 0 amide bonds. The van der Waals surface area contributed by atoms with E-state index in [-0.39, 0.29) is 6.10 Å². The highest BCUT2D eigenvalue weighted by Crippen LogP contribution is 2.22. The number of fused-ring (bicyclic) bond motifs is 1. The molecular formula is C15H20O2. The van der Waals surface area contributed by atoms with Gasteiger partial charge < -0.3 is 9.52 Å². The minimum absolute atomic E-state index is 0.199. The Morgan fingerprint density at radius 3 is 2.82 bits per heavy atom. The van der Waals surface area contributed by atoms with Crippen LogP contribution in [-0.2, 0) is 6.42 Å². The van der Waals surface area contributed by atoms with Crippen LogP contribution in [0, 0.1) is 6.92 Å². The van der Waals surface area contributed by atoms with Crippen molar-refractivity contribution in [3.05, 3.63) is 35.6 Å². The fraction of sp³-hybridized carbons (Fsp3) is 0.467. The normalized spacial score (nSPS) is 13.1. The summed E-state index contributed by atoms with van der Waals surface area (Å²) >= 11 is 0. The zero-order valence-corrected chi connectivity index (χ0v) is 10.6. The molecule has 17 heavy (non-hydrogen) atoms. The van der Waals surface area contributed by atoms with Crippen LogP contribution in [0.5, 0.6) is 0 Å². The number of benzene rings is 1. The summed E-state index contributed by atoms with van der Waals surface area (Å²) in [5.74, 6) is 0.973. The van der Waals surface area contributed by atoms with Gasteiger partial charge in [-0.05, 0) is 38.0 Å². The van der Waals surface area contributed by atoms with E-state index in [0.717, 1.165) is 42.4 Å². The molecule has 1 aromatic carbocycles. The molecular weight excluding hydrogens is 212 g/mol. The van der Waals surface area contributed by atoms with Gasteiger partial charge in [0.2, 0.25) is 0 Å². The zero-order chi connectivity index (χ0) is 12.3. The Morgan fingerprint density at radius 2 is 2.06 bits per heavy atom. The fourth-order valence-corrected chi connectivity index (χ4v) is 2.13. The molecule has 0 saturated carbocycles. The summed E-state index contributed by atoms with van der Waals surface area (Å²) in [5.41, 5.74) is 2.19. The fourth-order valence-electron chi connectivity index (χ4n) is 2.13. The van der Waals surface area contributed by atoms with Crippen molar-refractivity contribution < 1.29 is 9.52 Å². The molecule has 1 unspecified atom stereocenters. The predicted octanol–water partition coefficient (Wildman–Crippen LogP) is 3.83. The first-order chi connectivity index (χ1) is 8.19. The number of aliphatic hydroxyl groups excluding tert-OH is 1. The molecule has 92 valence electrons. The molecule has 2 nitrogen and oxygen atoms in total. The largest absolute Gasteiger partial charge is 0.461 e. The van der Waals surface area contributed by atoms with E-state index in [9.17, 15) is 5.11 Å². The number of hydrogen-bond acceptors (Lipinski definition) is 2. The summed E-state index contributed by atoms with van der Waals surface area (Å²) in [7, 11) is 0. The molecule has 0 saturated heterocycles. The molecule has 1 N–H and O–H groups in total. The molecule has 0 spiro atoms. The van der Waals surface area contributed by atoms with Crippen molar-refractivity contribution in [3.8, 4) is 0 Å². The van der Waals surface area contributed by atoms with Crippen LogP contribution in [0.1, 0.15) is 37.5 Å². The lowest BCUT2D eigenvalue weighted by Gasteiger charge is -2.06. The molecule has 2 rings (SSSR count). The van der Waals surface area contributed by atoms with E-state index in [4.69, 9.17) is 4.42 Å². The SMILES string of the molecule is CCCC(O)CCc1cc2cc(C)ccc2o1. The first kappa shape index (κ1) is 12.2. The number of rotatable bonds is 5. The number of aliphatic hydroxyl groups is 1. The van der Waals surface area contributed by atoms with E-state index in [2.05, 4.69) is 32.0 Å². The first-order valence-corrected chi connectivity index (χ1v) is 6.36. The van der Waals surface area contributed by atoms with Crippen molar-refractivity contribution in [3.63, 3.8) is 0 Å². The van der Waals surface area contributed by atoms with Crippen molar-refractivity contribution in [2.75, 3.05) is 0 Å². The molecule has 0 aliphatic heterocycles. The van der Waals surface area contributed by atoms with E-state index < -0.39 is 0 Å².